The number of benzene rings is 1. The first-order valence-corrected chi connectivity index (χ1v) is 8.22. The summed E-state index contributed by atoms with van der Waals surface area (Å²) in [4.78, 5) is 37.6. The lowest BCUT2D eigenvalue weighted by molar-refractivity contribution is -0.134. The molecule has 2 aliphatic heterocycles. The van der Waals surface area contributed by atoms with Crippen LogP contribution in [0.1, 0.15) is 25.8 Å². The van der Waals surface area contributed by atoms with Crippen LogP contribution in [0.2, 0.25) is 0 Å². The number of carbonyl (C=O) groups is 3. The molecule has 2 heterocycles. The summed E-state index contributed by atoms with van der Waals surface area (Å²) >= 11 is 0. The molecule has 4 amide bonds. The maximum Gasteiger partial charge on any atom is 0.325 e. The van der Waals surface area contributed by atoms with Gasteiger partial charge < -0.3 is 20.1 Å². The van der Waals surface area contributed by atoms with E-state index in [4.69, 9.17) is 9.47 Å². The van der Waals surface area contributed by atoms with Crippen molar-refractivity contribution in [3.63, 3.8) is 0 Å². The second-order valence-corrected chi connectivity index (χ2v) is 6.37. The van der Waals surface area contributed by atoms with E-state index in [-0.39, 0.29) is 19.2 Å². The Bertz CT molecular complexity index is 720. The summed E-state index contributed by atoms with van der Waals surface area (Å²) in [5.41, 5.74) is -0.270. The molecule has 25 heavy (non-hydrogen) atoms. The molecule has 0 unspecified atom stereocenters. The Balaban J connectivity index is 1.70. The average molecular weight is 347 g/mol. The fourth-order valence-electron chi connectivity index (χ4n) is 2.93. The summed E-state index contributed by atoms with van der Waals surface area (Å²) in [7, 11) is 0. The van der Waals surface area contributed by atoms with E-state index in [0.29, 0.717) is 24.5 Å². The van der Waals surface area contributed by atoms with Crippen LogP contribution in [0.5, 0.6) is 11.5 Å². The summed E-state index contributed by atoms with van der Waals surface area (Å²) < 4.78 is 10.6. The van der Waals surface area contributed by atoms with Gasteiger partial charge in [-0.25, -0.2) is 4.79 Å². The molecule has 0 aliphatic carbocycles. The number of nitrogens with zero attached hydrogens (tertiary/aromatic N) is 1. The normalized spacial score (nSPS) is 21.4. The van der Waals surface area contributed by atoms with Crippen LogP contribution in [0.3, 0.4) is 0 Å². The van der Waals surface area contributed by atoms with Crippen molar-refractivity contribution in [2.24, 2.45) is 0 Å². The zero-order valence-corrected chi connectivity index (χ0v) is 14.3. The quantitative estimate of drug-likeness (QED) is 0.742. The number of nitrogens with one attached hydrogen (secondary N) is 2. The van der Waals surface area contributed by atoms with Gasteiger partial charge in [0.25, 0.3) is 5.91 Å². The minimum absolute atomic E-state index is 0.173. The Morgan fingerprint density at radius 3 is 2.84 bits per heavy atom. The standard InChI is InChI=1S/C17H21N3O5/c1-3-6-18-14(21)9-20-15(22)17(2,19-16(20)23)8-11-4-5-12-13(7-11)25-10-24-12/h4-5,7H,3,6,8-10H2,1-2H3,(H,18,21)(H,19,23)/t17-/m0/s1. The van der Waals surface area contributed by atoms with Gasteiger partial charge in [-0.05, 0) is 31.0 Å². The zero-order valence-electron chi connectivity index (χ0n) is 14.3. The van der Waals surface area contributed by atoms with Crippen LogP contribution in [-0.2, 0) is 16.0 Å². The largest absolute Gasteiger partial charge is 0.454 e. The first-order chi connectivity index (χ1) is 11.9. The number of imide groups is 1. The average Bonchev–Trinajstić information content (AvgIpc) is 3.11. The van der Waals surface area contributed by atoms with Crippen LogP contribution in [0, 0.1) is 0 Å². The number of hydrogen-bond acceptors (Lipinski definition) is 5. The zero-order chi connectivity index (χ0) is 18.0. The molecule has 1 fully saturated rings. The molecule has 1 aromatic rings. The third-order valence-corrected chi connectivity index (χ3v) is 4.21. The monoisotopic (exact) mass is 347 g/mol. The van der Waals surface area contributed by atoms with Gasteiger partial charge in [0.05, 0.1) is 0 Å². The van der Waals surface area contributed by atoms with Crippen LogP contribution in [0.4, 0.5) is 4.79 Å². The predicted molar refractivity (Wildman–Crippen MR) is 88.2 cm³/mol. The van der Waals surface area contributed by atoms with Crippen LogP contribution in [0.15, 0.2) is 18.2 Å². The Hall–Kier alpha value is -2.77. The maximum atomic E-state index is 12.7. The Morgan fingerprint density at radius 2 is 2.08 bits per heavy atom. The van der Waals surface area contributed by atoms with Gasteiger partial charge >= 0.3 is 6.03 Å². The van der Waals surface area contributed by atoms with Crippen molar-refractivity contribution in [2.75, 3.05) is 19.9 Å². The second-order valence-electron chi connectivity index (χ2n) is 6.37. The molecule has 2 N–H and O–H groups in total. The van der Waals surface area contributed by atoms with Crippen LogP contribution >= 0.6 is 0 Å². The first-order valence-electron chi connectivity index (χ1n) is 8.22. The number of amides is 4. The molecule has 0 saturated carbocycles. The van der Waals surface area contributed by atoms with Gasteiger partial charge in [0.1, 0.15) is 12.1 Å². The Kier molecular flexibility index (Phi) is 4.52. The molecule has 134 valence electrons. The molecular weight excluding hydrogens is 326 g/mol. The summed E-state index contributed by atoms with van der Waals surface area (Å²) in [5.74, 6) is 0.512. The van der Waals surface area contributed by atoms with E-state index in [0.717, 1.165) is 16.9 Å². The highest BCUT2D eigenvalue weighted by atomic mass is 16.7. The number of carbonyl (C=O) groups excluding carboxylic acids is 3. The van der Waals surface area contributed by atoms with Crippen LogP contribution in [-0.4, -0.2) is 48.2 Å². The summed E-state index contributed by atoms with van der Waals surface area (Å²) in [5, 5.41) is 5.36. The highest BCUT2D eigenvalue weighted by molar-refractivity contribution is 6.08. The van der Waals surface area contributed by atoms with Crippen molar-refractivity contribution in [1.29, 1.82) is 0 Å². The molecule has 8 heteroatoms. The molecule has 0 spiro atoms. The smallest absolute Gasteiger partial charge is 0.325 e. The van der Waals surface area contributed by atoms with Crippen LogP contribution < -0.4 is 20.1 Å². The van der Waals surface area contributed by atoms with Gasteiger partial charge in [-0.2, -0.15) is 0 Å². The van der Waals surface area contributed by atoms with Crippen molar-refractivity contribution < 1.29 is 23.9 Å². The SMILES string of the molecule is CCCNC(=O)CN1C(=O)N[C@@](C)(Cc2ccc3c(c2)OCO3)C1=O. The molecule has 0 bridgehead atoms. The third-order valence-electron chi connectivity index (χ3n) is 4.21. The Labute approximate surface area is 145 Å². The van der Waals surface area contributed by atoms with E-state index >= 15 is 0 Å². The van der Waals surface area contributed by atoms with Crippen molar-refractivity contribution in [3.05, 3.63) is 23.8 Å². The molecular formula is C17H21N3O5. The number of ether oxygens (including phenoxy) is 2. The molecule has 2 aliphatic rings. The van der Waals surface area contributed by atoms with Gasteiger partial charge in [0.2, 0.25) is 12.7 Å². The number of hydrogen-bond donors (Lipinski definition) is 2. The van der Waals surface area contributed by atoms with E-state index in [1.54, 1.807) is 19.1 Å². The lowest BCUT2D eigenvalue weighted by Crippen LogP contribution is -2.46. The van der Waals surface area contributed by atoms with Crippen molar-refractivity contribution in [3.8, 4) is 11.5 Å². The fourth-order valence-corrected chi connectivity index (χ4v) is 2.93. The van der Waals surface area contributed by atoms with Gasteiger partial charge in [-0.1, -0.05) is 13.0 Å². The lowest BCUT2D eigenvalue weighted by Gasteiger charge is -2.21. The molecule has 1 aromatic carbocycles. The second kappa shape index (κ2) is 6.62. The number of rotatable bonds is 6. The van der Waals surface area contributed by atoms with E-state index in [1.807, 2.05) is 13.0 Å². The van der Waals surface area contributed by atoms with Gasteiger partial charge in [-0.15, -0.1) is 0 Å². The topological polar surface area (TPSA) is 97.0 Å². The third kappa shape index (κ3) is 3.38. The molecule has 8 nitrogen and oxygen atoms in total. The molecule has 1 atom stereocenters. The lowest BCUT2D eigenvalue weighted by atomic mass is 9.92. The highest BCUT2D eigenvalue weighted by Gasteiger charge is 2.48. The van der Waals surface area contributed by atoms with Gasteiger partial charge in [-0.3, -0.25) is 14.5 Å². The van der Waals surface area contributed by atoms with Gasteiger partial charge in [0.15, 0.2) is 11.5 Å². The van der Waals surface area contributed by atoms with Crippen molar-refractivity contribution in [1.82, 2.24) is 15.5 Å². The summed E-state index contributed by atoms with van der Waals surface area (Å²) in [6.45, 7) is 3.99. The van der Waals surface area contributed by atoms with Crippen molar-refractivity contribution >= 4 is 17.8 Å². The van der Waals surface area contributed by atoms with E-state index in [2.05, 4.69) is 10.6 Å². The van der Waals surface area contributed by atoms with Crippen LogP contribution in [0.25, 0.3) is 0 Å². The molecule has 0 radical (unpaired) electrons. The Morgan fingerprint density at radius 1 is 1.32 bits per heavy atom. The van der Waals surface area contributed by atoms with Gasteiger partial charge in [0, 0.05) is 13.0 Å². The van der Waals surface area contributed by atoms with Crippen molar-refractivity contribution in [2.45, 2.75) is 32.2 Å². The minimum Gasteiger partial charge on any atom is -0.454 e. The number of fused-ring (bicyclic) bond motifs is 1. The maximum absolute atomic E-state index is 12.7. The number of urea groups is 1. The van der Waals surface area contributed by atoms with E-state index in [1.165, 1.54) is 0 Å². The highest BCUT2D eigenvalue weighted by Crippen LogP contribution is 2.34. The fraction of sp³-hybridized carbons (Fsp3) is 0.471. The van der Waals surface area contributed by atoms with E-state index < -0.39 is 17.5 Å². The summed E-state index contributed by atoms with van der Waals surface area (Å²) in [6, 6.07) is 4.84. The predicted octanol–water partition coefficient (Wildman–Crippen LogP) is 0.794. The minimum atomic E-state index is -1.10. The first kappa shape index (κ1) is 17.1. The molecule has 0 aromatic heterocycles. The molecule has 3 rings (SSSR count). The van der Waals surface area contributed by atoms with E-state index in [9.17, 15) is 14.4 Å². The summed E-state index contributed by atoms with van der Waals surface area (Å²) in [6.07, 6.45) is 1.08. The molecule has 1 saturated heterocycles.